The van der Waals surface area contributed by atoms with Crippen LogP contribution >= 0.6 is 0 Å². The van der Waals surface area contributed by atoms with Gasteiger partial charge in [-0.2, -0.15) is 0 Å². The fraction of sp³-hybridized carbons (Fsp3) is 0.778. The molecule has 134 valence electrons. The zero-order chi connectivity index (χ0) is 16.8. The minimum atomic E-state index is 0.206. The molecule has 0 aliphatic carbocycles. The van der Waals surface area contributed by atoms with E-state index >= 15 is 0 Å². The summed E-state index contributed by atoms with van der Waals surface area (Å²) in [5.74, 6) is 2.07. The predicted octanol–water partition coefficient (Wildman–Crippen LogP) is 1.71. The lowest BCUT2D eigenvalue weighted by molar-refractivity contribution is -0.0872. The van der Waals surface area contributed by atoms with Crippen molar-refractivity contribution in [2.24, 2.45) is 0 Å². The van der Waals surface area contributed by atoms with E-state index < -0.39 is 0 Å². The van der Waals surface area contributed by atoms with Crippen LogP contribution in [0.4, 0.5) is 5.82 Å². The number of nitrogens with zero attached hydrogens (tertiary/aromatic N) is 3. The van der Waals surface area contributed by atoms with Crippen molar-refractivity contribution in [2.75, 3.05) is 44.4 Å². The van der Waals surface area contributed by atoms with Crippen LogP contribution in [0, 0.1) is 6.92 Å². The molecule has 2 aliphatic rings. The summed E-state index contributed by atoms with van der Waals surface area (Å²) in [5.41, 5.74) is 1.07. The van der Waals surface area contributed by atoms with Crippen LogP contribution in [0.25, 0.3) is 0 Å². The number of piperidine rings is 1. The standard InChI is InChI=1S/C18H30N4O2/c1-3-4-17-20-14(2)11-18(21-17)22-7-5-15(6-8-22)19-12-16-13-23-9-10-24-16/h11,15-16,19H,3-10,12-13H2,1-2H3/t16-/m0/s1. The van der Waals surface area contributed by atoms with E-state index in [2.05, 4.69) is 35.1 Å². The molecule has 6 nitrogen and oxygen atoms in total. The van der Waals surface area contributed by atoms with Crippen LogP contribution in [0.1, 0.15) is 37.7 Å². The normalized spacial score (nSPS) is 22.8. The molecule has 1 aromatic rings. The first-order valence-corrected chi connectivity index (χ1v) is 9.27. The Morgan fingerprint density at radius 3 is 2.79 bits per heavy atom. The molecule has 1 atom stereocenters. The largest absolute Gasteiger partial charge is 0.376 e. The number of aromatic nitrogens is 2. The molecule has 2 fully saturated rings. The molecule has 3 heterocycles. The van der Waals surface area contributed by atoms with E-state index in [1.807, 2.05) is 0 Å². The lowest BCUT2D eigenvalue weighted by Crippen LogP contribution is -2.47. The van der Waals surface area contributed by atoms with Crippen LogP contribution in [0.3, 0.4) is 0 Å². The van der Waals surface area contributed by atoms with E-state index in [0.717, 1.165) is 75.9 Å². The Morgan fingerprint density at radius 1 is 1.25 bits per heavy atom. The zero-order valence-electron chi connectivity index (χ0n) is 15.0. The molecule has 2 aliphatic heterocycles. The van der Waals surface area contributed by atoms with E-state index in [4.69, 9.17) is 14.5 Å². The van der Waals surface area contributed by atoms with Crippen molar-refractivity contribution in [3.63, 3.8) is 0 Å². The number of anilines is 1. The molecular formula is C18H30N4O2. The summed E-state index contributed by atoms with van der Waals surface area (Å²) in [6, 6.07) is 2.67. The Kier molecular flexibility index (Phi) is 6.40. The molecule has 0 radical (unpaired) electrons. The van der Waals surface area contributed by atoms with Gasteiger partial charge in [0.1, 0.15) is 11.6 Å². The van der Waals surface area contributed by atoms with Crippen molar-refractivity contribution >= 4 is 5.82 Å². The second-order valence-corrected chi connectivity index (χ2v) is 6.77. The van der Waals surface area contributed by atoms with Gasteiger partial charge in [0.25, 0.3) is 0 Å². The van der Waals surface area contributed by atoms with E-state index in [1.165, 1.54) is 0 Å². The van der Waals surface area contributed by atoms with Crippen LogP contribution in [0.15, 0.2) is 6.07 Å². The number of hydrogen-bond donors (Lipinski definition) is 1. The van der Waals surface area contributed by atoms with Crippen molar-refractivity contribution in [1.29, 1.82) is 0 Å². The second kappa shape index (κ2) is 8.74. The fourth-order valence-electron chi connectivity index (χ4n) is 3.37. The third-order valence-electron chi connectivity index (χ3n) is 4.70. The van der Waals surface area contributed by atoms with Crippen LogP contribution in [0.5, 0.6) is 0 Å². The van der Waals surface area contributed by atoms with Crippen molar-refractivity contribution in [2.45, 2.75) is 51.7 Å². The van der Waals surface area contributed by atoms with Gasteiger partial charge in [0, 0.05) is 43.9 Å². The van der Waals surface area contributed by atoms with Crippen molar-refractivity contribution in [3.05, 3.63) is 17.6 Å². The maximum absolute atomic E-state index is 5.69. The Bertz CT molecular complexity index is 512. The van der Waals surface area contributed by atoms with E-state index in [1.54, 1.807) is 0 Å². The van der Waals surface area contributed by atoms with Crippen molar-refractivity contribution in [3.8, 4) is 0 Å². The Labute approximate surface area is 145 Å². The molecule has 0 amide bonds. The average molecular weight is 334 g/mol. The van der Waals surface area contributed by atoms with Gasteiger partial charge in [-0.25, -0.2) is 9.97 Å². The molecule has 1 aromatic heterocycles. The summed E-state index contributed by atoms with van der Waals surface area (Å²) >= 11 is 0. The third kappa shape index (κ3) is 4.88. The molecule has 0 saturated carbocycles. The van der Waals surface area contributed by atoms with Gasteiger partial charge >= 0.3 is 0 Å². The Morgan fingerprint density at radius 2 is 2.08 bits per heavy atom. The van der Waals surface area contributed by atoms with Crippen LogP contribution < -0.4 is 10.2 Å². The van der Waals surface area contributed by atoms with Gasteiger partial charge in [-0.05, 0) is 26.2 Å². The fourth-order valence-corrected chi connectivity index (χ4v) is 3.37. The molecule has 24 heavy (non-hydrogen) atoms. The molecule has 3 rings (SSSR count). The smallest absolute Gasteiger partial charge is 0.132 e. The molecule has 1 N–H and O–H groups in total. The average Bonchev–Trinajstić information content (AvgIpc) is 2.61. The molecule has 0 spiro atoms. The summed E-state index contributed by atoms with van der Waals surface area (Å²) < 4.78 is 11.1. The van der Waals surface area contributed by atoms with Gasteiger partial charge in [0.2, 0.25) is 0 Å². The molecule has 2 saturated heterocycles. The number of aryl methyl sites for hydroxylation is 2. The molecule has 6 heteroatoms. The highest BCUT2D eigenvalue weighted by Crippen LogP contribution is 2.19. The first kappa shape index (κ1) is 17.6. The molecule has 0 unspecified atom stereocenters. The SMILES string of the molecule is CCCc1nc(C)cc(N2CCC(NC[C@H]3COCCO3)CC2)n1. The quantitative estimate of drug-likeness (QED) is 0.855. The highest BCUT2D eigenvalue weighted by molar-refractivity contribution is 5.40. The van der Waals surface area contributed by atoms with Gasteiger partial charge < -0.3 is 19.7 Å². The van der Waals surface area contributed by atoms with Crippen LogP contribution in [-0.2, 0) is 15.9 Å². The molecule has 0 bridgehead atoms. The topological polar surface area (TPSA) is 59.5 Å². The van der Waals surface area contributed by atoms with Gasteiger partial charge in [-0.15, -0.1) is 0 Å². The lowest BCUT2D eigenvalue weighted by atomic mass is 10.0. The first-order valence-electron chi connectivity index (χ1n) is 9.27. The van der Waals surface area contributed by atoms with E-state index in [-0.39, 0.29) is 6.10 Å². The minimum absolute atomic E-state index is 0.206. The number of ether oxygens (including phenoxy) is 2. The van der Waals surface area contributed by atoms with E-state index in [0.29, 0.717) is 12.6 Å². The Balaban J connectivity index is 1.47. The Hall–Kier alpha value is -1.24. The summed E-state index contributed by atoms with van der Waals surface area (Å²) in [6.45, 7) is 9.37. The second-order valence-electron chi connectivity index (χ2n) is 6.77. The third-order valence-corrected chi connectivity index (χ3v) is 4.70. The number of rotatable bonds is 6. The summed E-state index contributed by atoms with van der Waals surface area (Å²) in [6.07, 6.45) is 4.52. The van der Waals surface area contributed by atoms with Crippen molar-refractivity contribution < 1.29 is 9.47 Å². The zero-order valence-corrected chi connectivity index (χ0v) is 15.0. The van der Waals surface area contributed by atoms with E-state index in [9.17, 15) is 0 Å². The number of hydrogen-bond acceptors (Lipinski definition) is 6. The predicted molar refractivity (Wildman–Crippen MR) is 94.6 cm³/mol. The maximum atomic E-state index is 5.69. The van der Waals surface area contributed by atoms with Gasteiger partial charge in [-0.3, -0.25) is 0 Å². The highest BCUT2D eigenvalue weighted by atomic mass is 16.6. The monoisotopic (exact) mass is 334 g/mol. The van der Waals surface area contributed by atoms with Gasteiger partial charge in [-0.1, -0.05) is 6.92 Å². The maximum Gasteiger partial charge on any atom is 0.132 e. The number of nitrogens with one attached hydrogen (secondary N) is 1. The summed E-state index contributed by atoms with van der Waals surface area (Å²) in [4.78, 5) is 11.7. The van der Waals surface area contributed by atoms with Gasteiger partial charge in [0.05, 0.1) is 25.9 Å². The van der Waals surface area contributed by atoms with Crippen LogP contribution in [0.2, 0.25) is 0 Å². The van der Waals surface area contributed by atoms with Crippen LogP contribution in [-0.4, -0.2) is 61.6 Å². The lowest BCUT2D eigenvalue weighted by Gasteiger charge is -2.34. The molecule has 0 aromatic carbocycles. The minimum Gasteiger partial charge on any atom is -0.376 e. The highest BCUT2D eigenvalue weighted by Gasteiger charge is 2.22. The molecular weight excluding hydrogens is 304 g/mol. The van der Waals surface area contributed by atoms with Gasteiger partial charge in [0.15, 0.2) is 0 Å². The van der Waals surface area contributed by atoms with Crippen molar-refractivity contribution in [1.82, 2.24) is 15.3 Å². The summed E-state index contributed by atoms with van der Waals surface area (Å²) in [5, 5.41) is 3.64. The first-order chi connectivity index (χ1) is 11.7. The summed E-state index contributed by atoms with van der Waals surface area (Å²) in [7, 11) is 0.